The van der Waals surface area contributed by atoms with Crippen molar-refractivity contribution < 1.29 is 9.84 Å². The first kappa shape index (κ1) is 11.9. The molecule has 84 valence electrons. The normalized spacial score (nSPS) is 20.1. The van der Waals surface area contributed by atoms with Crippen LogP contribution in [0.15, 0.2) is 0 Å². The van der Waals surface area contributed by atoms with Gasteiger partial charge in [-0.15, -0.1) is 0 Å². The molecule has 1 heterocycles. The summed E-state index contributed by atoms with van der Waals surface area (Å²) in [6.45, 7) is 4.72. The number of piperidine rings is 1. The summed E-state index contributed by atoms with van der Waals surface area (Å²) < 4.78 is 5.48. The fraction of sp³-hybridized carbons (Fsp3) is 1.00. The number of rotatable bonds is 6. The molecular weight excluding hydrogens is 180 g/mol. The van der Waals surface area contributed by atoms with Crippen LogP contribution in [0, 0.1) is 0 Å². The molecule has 0 aliphatic carbocycles. The van der Waals surface area contributed by atoms with Crippen LogP contribution >= 0.6 is 0 Å². The summed E-state index contributed by atoms with van der Waals surface area (Å²) in [6.07, 6.45) is 3.62. The second-order valence-electron chi connectivity index (χ2n) is 3.78. The van der Waals surface area contributed by atoms with Crippen molar-refractivity contribution in [3.8, 4) is 0 Å². The SMILES string of the molecule is NCCCN1CCC(OCCO)CC1. The molecule has 0 unspecified atom stereocenters. The van der Waals surface area contributed by atoms with E-state index in [1.54, 1.807) is 0 Å². The average molecular weight is 202 g/mol. The predicted octanol–water partition coefficient (Wildman–Crippen LogP) is -0.191. The first-order valence-corrected chi connectivity index (χ1v) is 5.51. The monoisotopic (exact) mass is 202 g/mol. The smallest absolute Gasteiger partial charge is 0.0701 e. The Morgan fingerprint density at radius 2 is 2.07 bits per heavy atom. The Hall–Kier alpha value is -0.160. The number of hydrogen-bond acceptors (Lipinski definition) is 4. The number of aliphatic hydroxyl groups excluding tert-OH is 1. The zero-order valence-electron chi connectivity index (χ0n) is 8.82. The molecule has 3 N–H and O–H groups in total. The molecule has 1 aliphatic rings. The minimum atomic E-state index is 0.132. The first-order valence-electron chi connectivity index (χ1n) is 5.51. The van der Waals surface area contributed by atoms with Crippen molar-refractivity contribution in [2.45, 2.75) is 25.4 Å². The van der Waals surface area contributed by atoms with E-state index < -0.39 is 0 Å². The highest BCUT2D eigenvalue weighted by Crippen LogP contribution is 2.13. The second kappa shape index (κ2) is 7.17. The molecule has 0 radical (unpaired) electrons. The molecular formula is C10H22N2O2. The van der Waals surface area contributed by atoms with Crippen molar-refractivity contribution in [2.24, 2.45) is 5.73 Å². The van der Waals surface area contributed by atoms with E-state index >= 15 is 0 Å². The summed E-state index contributed by atoms with van der Waals surface area (Å²) in [4.78, 5) is 2.44. The third kappa shape index (κ3) is 4.37. The zero-order valence-corrected chi connectivity index (χ0v) is 8.82. The summed E-state index contributed by atoms with van der Waals surface area (Å²) in [5.74, 6) is 0. The van der Waals surface area contributed by atoms with Crippen LogP contribution in [0.3, 0.4) is 0 Å². The molecule has 0 aromatic heterocycles. The molecule has 0 aromatic rings. The lowest BCUT2D eigenvalue weighted by Crippen LogP contribution is -2.38. The number of nitrogens with zero attached hydrogens (tertiary/aromatic N) is 1. The van der Waals surface area contributed by atoms with Gasteiger partial charge in [0.15, 0.2) is 0 Å². The van der Waals surface area contributed by atoms with Gasteiger partial charge in [-0.3, -0.25) is 0 Å². The minimum absolute atomic E-state index is 0.132. The van der Waals surface area contributed by atoms with Crippen molar-refractivity contribution >= 4 is 0 Å². The summed E-state index contributed by atoms with van der Waals surface area (Å²) in [5, 5.41) is 8.62. The third-order valence-corrected chi connectivity index (χ3v) is 2.66. The maximum atomic E-state index is 8.62. The summed E-state index contributed by atoms with van der Waals surface area (Å²) in [6, 6.07) is 0. The third-order valence-electron chi connectivity index (χ3n) is 2.66. The van der Waals surface area contributed by atoms with Gasteiger partial charge < -0.3 is 20.5 Å². The Kier molecular flexibility index (Phi) is 6.10. The van der Waals surface area contributed by atoms with Crippen LogP contribution in [0.1, 0.15) is 19.3 Å². The first-order chi connectivity index (χ1) is 6.86. The standard InChI is InChI=1S/C10H22N2O2/c11-4-1-5-12-6-2-10(3-7-12)14-9-8-13/h10,13H,1-9,11H2. The lowest BCUT2D eigenvalue weighted by molar-refractivity contribution is -0.00770. The molecule has 0 atom stereocenters. The minimum Gasteiger partial charge on any atom is -0.394 e. The molecule has 1 rings (SSSR count). The van der Waals surface area contributed by atoms with Crippen molar-refractivity contribution in [3.05, 3.63) is 0 Å². The lowest BCUT2D eigenvalue weighted by Gasteiger charge is -2.31. The van der Waals surface area contributed by atoms with Crippen LogP contribution in [0.5, 0.6) is 0 Å². The van der Waals surface area contributed by atoms with Crippen LogP contribution in [0.4, 0.5) is 0 Å². The summed E-state index contributed by atoms with van der Waals surface area (Å²) in [7, 11) is 0. The van der Waals surface area contributed by atoms with E-state index in [2.05, 4.69) is 4.90 Å². The van der Waals surface area contributed by atoms with Gasteiger partial charge in [0.05, 0.1) is 19.3 Å². The Morgan fingerprint density at radius 3 is 2.64 bits per heavy atom. The number of aliphatic hydroxyl groups is 1. The van der Waals surface area contributed by atoms with Gasteiger partial charge in [0.2, 0.25) is 0 Å². The highest BCUT2D eigenvalue weighted by molar-refractivity contribution is 4.72. The topological polar surface area (TPSA) is 58.7 Å². The van der Waals surface area contributed by atoms with E-state index in [1.165, 1.54) is 0 Å². The van der Waals surface area contributed by atoms with Gasteiger partial charge >= 0.3 is 0 Å². The van der Waals surface area contributed by atoms with Gasteiger partial charge in [-0.25, -0.2) is 0 Å². The second-order valence-corrected chi connectivity index (χ2v) is 3.78. The molecule has 0 amide bonds. The van der Waals surface area contributed by atoms with E-state index in [9.17, 15) is 0 Å². The Labute approximate surface area is 86.0 Å². The Bertz CT molecular complexity index is 120. The molecule has 0 spiro atoms. The van der Waals surface area contributed by atoms with E-state index in [1.807, 2.05) is 0 Å². The van der Waals surface area contributed by atoms with E-state index in [0.29, 0.717) is 12.7 Å². The van der Waals surface area contributed by atoms with Crippen LogP contribution in [0.2, 0.25) is 0 Å². The van der Waals surface area contributed by atoms with Gasteiger partial charge in [-0.1, -0.05) is 0 Å². The van der Waals surface area contributed by atoms with Crippen molar-refractivity contribution in [2.75, 3.05) is 39.4 Å². The molecule has 14 heavy (non-hydrogen) atoms. The van der Waals surface area contributed by atoms with Gasteiger partial charge in [-0.05, 0) is 32.4 Å². The summed E-state index contributed by atoms with van der Waals surface area (Å²) >= 11 is 0. The van der Waals surface area contributed by atoms with E-state index in [4.69, 9.17) is 15.6 Å². The van der Waals surface area contributed by atoms with Crippen LogP contribution in [-0.2, 0) is 4.74 Å². The Morgan fingerprint density at radius 1 is 1.36 bits per heavy atom. The van der Waals surface area contributed by atoms with Crippen LogP contribution in [-0.4, -0.2) is 55.5 Å². The van der Waals surface area contributed by atoms with Crippen molar-refractivity contribution in [1.29, 1.82) is 0 Å². The highest BCUT2D eigenvalue weighted by atomic mass is 16.5. The van der Waals surface area contributed by atoms with Crippen LogP contribution < -0.4 is 5.73 Å². The van der Waals surface area contributed by atoms with E-state index in [-0.39, 0.29) is 6.61 Å². The maximum absolute atomic E-state index is 8.62. The maximum Gasteiger partial charge on any atom is 0.0701 e. The average Bonchev–Trinajstić information content (AvgIpc) is 2.25. The number of ether oxygens (including phenoxy) is 1. The molecule has 4 heteroatoms. The molecule has 4 nitrogen and oxygen atoms in total. The van der Waals surface area contributed by atoms with Crippen LogP contribution in [0.25, 0.3) is 0 Å². The number of likely N-dealkylation sites (tertiary alicyclic amines) is 1. The predicted molar refractivity (Wildman–Crippen MR) is 56.2 cm³/mol. The van der Waals surface area contributed by atoms with Gasteiger partial charge in [0, 0.05) is 13.1 Å². The largest absolute Gasteiger partial charge is 0.394 e. The molecule has 1 fully saturated rings. The fourth-order valence-electron chi connectivity index (χ4n) is 1.83. The molecule has 1 saturated heterocycles. The number of hydrogen-bond donors (Lipinski definition) is 2. The van der Waals surface area contributed by atoms with Crippen molar-refractivity contribution in [3.63, 3.8) is 0 Å². The lowest BCUT2D eigenvalue weighted by atomic mass is 10.1. The molecule has 0 bridgehead atoms. The molecule has 0 saturated carbocycles. The van der Waals surface area contributed by atoms with E-state index in [0.717, 1.165) is 45.4 Å². The summed E-state index contributed by atoms with van der Waals surface area (Å²) in [5.41, 5.74) is 5.46. The van der Waals surface area contributed by atoms with Crippen molar-refractivity contribution in [1.82, 2.24) is 4.90 Å². The van der Waals surface area contributed by atoms with Gasteiger partial charge in [0.1, 0.15) is 0 Å². The zero-order chi connectivity index (χ0) is 10.2. The van der Waals surface area contributed by atoms with Gasteiger partial charge in [-0.2, -0.15) is 0 Å². The highest BCUT2D eigenvalue weighted by Gasteiger charge is 2.18. The Balaban J connectivity index is 2.05. The fourth-order valence-corrected chi connectivity index (χ4v) is 1.83. The number of nitrogens with two attached hydrogens (primary N) is 1. The molecule has 1 aliphatic heterocycles. The molecule has 0 aromatic carbocycles. The quantitative estimate of drug-likeness (QED) is 0.627. The van der Waals surface area contributed by atoms with Gasteiger partial charge in [0.25, 0.3) is 0 Å².